The molecule has 1 heterocycles. The Kier molecular flexibility index (Phi) is 2.57. The molecule has 1 rings (SSSR count). The molecule has 3 nitrogen and oxygen atoms in total. The van der Waals surface area contributed by atoms with E-state index in [0.29, 0.717) is 5.56 Å². The highest BCUT2D eigenvalue weighted by molar-refractivity contribution is 5.28. The van der Waals surface area contributed by atoms with Crippen LogP contribution in [0, 0.1) is 13.8 Å². The van der Waals surface area contributed by atoms with Crippen LogP contribution in [0.5, 0.6) is 0 Å². The molecule has 0 radical (unpaired) electrons. The Morgan fingerprint density at radius 3 is 2.46 bits per heavy atom. The predicted octanol–water partition coefficient (Wildman–Crippen LogP) is 1.02. The summed E-state index contributed by atoms with van der Waals surface area (Å²) in [5.41, 5.74) is 8.40. The topological polar surface area (TPSA) is 48.0 Å². The highest BCUT2D eigenvalue weighted by atomic mass is 16.1. The van der Waals surface area contributed by atoms with Crippen LogP contribution in [0.2, 0.25) is 0 Å². The SMILES string of the molecule is Cc1cc(C)n(C)c(=O)c1C(C)N. The predicted molar refractivity (Wildman–Crippen MR) is 53.8 cm³/mol. The maximum atomic E-state index is 11.7. The van der Waals surface area contributed by atoms with Gasteiger partial charge in [-0.3, -0.25) is 4.79 Å². The lowest BCUT2D eigenvalue weighted by Crippen LogP contribution is -2.28. The van der Waals surface area contributed by atoms with E-state index in [2.05, 4.69) is 0 Å². The van der Waals surface area contributed by atoms with Gasteiger partial charge >= 0.3 is 0 Å². The van der Waals surface area contributed by atoms with E-state index in [1.807, 2.05) is 26.8 Å². The van der Waals surface area contributed by atoms with Crippen LogP contribution in [0.15, 0.2) is 10.9 Å². The van der Waals surface area contributed by atoms with E-state index in [1.165, 1.54) is 0 Å². The third-order valence-electron chi connectivity index (χ3n) is 2.37. The summed E-state index contributed by atoms with van der Waals surface area (Å²) >= 11 is 0. The fourth-order valence-electron chi connectivity index (χ4n) is 1.55. The number of rotatable bonds is 1. The molecule has 0 bridgehead atoms. The number of nitrogens with two attached hydrogens (primary N) is 1. The summed E-state index contributed by atoms with van der Waals surface area (Å²) in [6.45, 7) is 5.67. The van der Waals surface area contributed by atoms with Gasteiger partial charge in [-0.15, -0.1) is 0 Å². The van der Waals surface area contributed by atoms with Crippen LogP contribution in [0.3, 0.4) is 0 Å². The van der Waals surface area contributed by atoms with Crippen LogP contribution < -0.4 is 11.3 Å². The molecule has 1 atom stereocenters. The summed E-state index contributed by atoms with van der Waals surface area (Å²) in [5.74, 6) is 0. The number of hydrogen-bond acceptors (Lipinski definition) is 2. The molecule has 0 aliphatic heterocycles. The van der Waals surface area contributed by atoms with Crippen molar-refractivity contribution in [1.29, 1.82) is 0 Å². The third-order valence-corrected chi connectivity index (χ3v) is 2.37. The molecule has 13 heavy (non-hydrogen) atoms. The molecule has 0 spiro atoms. The Hall–Kier alpha value is -1.09. The van der Waals surface area contributed by atoms with Gasteiger partial charge in [0, 0.05) is 24.3 Å². The molecule has 1 aromatic rings. The van der Waals surface area contributed by atoms with Crippen LogP contribution in [0.4, 0.5) is 0 Å². The minimum absolute atomic E-state index is 0.0208. The van der Waals surface area contributed by atoms with Gasteiger partial charge in [0.15, 0.2) is 0 Å². The summed E-state index contributed by atoms with van der Waals surface area (Å²) in [6, 6.07) is 1.79. The summed E-state index contributed by atoms with van der Waals surface area (Å²) in [7, 11) is 1.77. The number of pyridine rings is 1. The zero-order chi connectivity index (χ0) is 10.2. The third kappa shape index (κ3) is 1.65. The van der Waals surface area contributed by atoms with E-state index in [9.17, 15) is 4.79 Å². The minimum Gasteiger partial charge on any atom is -0.324 e. The summed E-state index contributed by atoms with van der Waals surface area (Å²) in [4.78, 5) is 11.7. The molecule has 72 valence electrons. The average Bonchev–Trinajstić information content (AvgIpc) is 1.99. The van der Waals surface area contributed by atoms with Crippen molar-refractivity contribution < 1.29 is 0 Å². The lowest BCUT2D eigenvalue weighted by Gasteiger charge is -2.12. The van der Waals surface area contributed by atoms with E-state index >= 15 is 0 Å². The Balaban J connectivity index is 3.54. The Morgan fingerprint density at radius 2 is 2.00 bits per heavy atom. The largest absolute Gasteiger partial charge is 0.324 e. The first-order valence-corrected chi connectivity index (χ1v) is 4.38. The van der Waals surface area contributed by atoms with Crippen molar-refractivity contribution >= 4 is 0 Å². The number of nitrogens with zero attached hydrogens (tertiary/aromatic N) is 1. The first kappa shape index (κ1) is 9.99. The van der Waals surface area contributed by atoms with E-state index < -0.39 is 0 Å². The van der Waals surface area contributed by atoms with Crippen molar-refractivity contribution in [2.45, 2.75) is 26.8 Å². The highest BCUT2D eigenvalue weighted by Crippen LogP contribution is 2.11. The Labute approximate surface area is 78.2 Å². The quantitative estimate of drug-likeness (QED) is 0.701. The van der Waals surface area contributed by atoms with E-state index in [-0.39, 0.29) is 11.6 Å². The molecule has 2 N–H and O–H groups in total. The van der Waals surface area contributed by atoms with Gasteiger partial charge in [-0.05, 0) is 32.4 Å². The zero-order valence-electron chi connectivity index (χ0n) is 8.59. The van der Waals surface area contributed by atoms with Crippen molar-refractivity contribution in [2.24, 2.45) is 12.8 Å². The summed E-state index contributed by atoms with van der Waals surface area (Å²) in [6.07, 6.45) is 0. The van der Waals surface area contributed by atoms with Gasteiger partial charge in [0.05, 0.1) is 0 Å². The van der Waals surface area contributed by atoms with Crippen molar-refractivity contribution in [3.05, 3.63) is 33.2 Å². The maximum Gasteiger partial charge on any atom is 0.255 e. The van der Waals surface area contributed by atoms with E-state index in [4.69, 9.17) is 5.73 Å². The second-order valence-corrected chi connectivity index (χ2v) is 3.54. The minimum atomic E-state index is -0.195. The van der Waals surface area contributed by atoms with Gasteiger partial charge in [0.2, 0.25) is 0 Å². The van der Waals surface area contributed by atoms with Crippen molar-refractivity contribution in [3.63, 3.8) is 0 Å². The van der Waals surface area contributed by atoms with Crippen LogP contribution in [0.25, 0.3) is 0 Å². The van der Waals surface area contributed by atoms with Crippen molar-refractivity contribution in [3.8, 4) is 0 Å². The van der Waals surface area contributed by atoms with Crippen LogP contribution in [-0.2, 0) is 7.05 Å². The summed E-state index contributed by atoms with van der Waals surface area (Å²) in [5, 5.41) is 0. The van der Waals surface area contributed by atoms with E-state index in [0.717, 1.165) is 11.3 Å². The number of aromatic nitrogens is 1. The Morgan fingerprint density at radius 1 is 1.46 bits per heavy atom. The molecule has 0 fully saturated rings. The first-order chi connectivity index (χ1) is 5.95. The lowest BCUT2D eigenvalue weighted by molar-refractivity contribution is 0.733. The fourth-order valence-corrected chi connectivity index (χ4v) is 1.55. The second kappa shape index (κ2) is 3.34. The molecule has 0 saturated heterocycles. The molecule has 1 aromatic heterocycles. The molecule has 0 aromatic carbocycles. The van der Waals surface area contributed by atoms with Gasteiger partial charge in [-0.25, -0.2) is 0 Å². The van der Waals surface area contributed by atoms with Gasteiger partial charge in [0.25, 0.3) is 5.56 Å². The molecule has 0 aliphatic rings. The van der Waals surface area contributed by atoms with Gasteiger partial charge in [-0.2, -0.15) is 0 Å². The number of aryl methyl sites for hydroxylation is 2. The molecule has 3 heteroatoms. The smallest absolute Gasteiger partial charge is 0.255 e. The van der Waals surface area contributed by atoms with Gasteiger partial charge < -0.3 is 10.3 Å². The standard InChI is InChI=1S/C10H16N2O/c1-6-5-7(2)12(4)10(13)9(6)8(3)11/h5,8H,11H2,1-4H3. The molecule has 0 aliphatic carbocycles. The first-order valence-electron chi connectivity index (χ1n) is 4.38. The van der Waals surface area contributed by atoms with Crippen molar-refractivity contribution in [2.75, 3.05) is 0 Å². The fraction of sp³-hybridized carbons (Fsp3) is 0.500. The van der Waals surface area contributed by atoms with Gasteiger partial charge in [0.1, 0.15) is 0 Å². The lowest BCUT2D eigenvalue weighted by atomic mass is 10.0. The van der Waals surface area contributed by atoms with Gasteiger partial charge in [-0.1, -0.05) is 0 Å². The maximum absolute atomic E-state index is 11.7. The molecule has 0 amide bonds. The number of hydrogen-bond donors (Lipinski definition) is 1. The normalized spacial score (nSPS) is 13.0. The molecule has 0 saturated carbocycles. The second-order valence-electron chi connectivity index (χ2n) is 3.54. The highest BCUT2D eigenvalue weighted by Gasteiger charge is 2.11. The molecular formula is C10H16N2O. The summed E-state index contributed by atoms with van der Waals surface area (Å²) < 4.78 is 1.63. The van der Waals surface area contributed by atoms with Crippen LogP contribution in [0.1, 0.15) is 29.8 Å². The zero-order valence-corrected chi connectivity index (χ0v) is 8.59. The average molecular weight is 180 g/mol. The monoisotopic (exact) mass is 180 g/mol. The van der Waals surface area contributed by atoms with Crippen molar-refractivity contribution in [1.82, 2.24) is 4.57 Å². The molecular weight excluding hydrogens is 164 g/mol. The van der Waals surface area contributed by atoms with Crippen LogP contribution in [-0.4, -0.2) is 4.57 Å². The van der Waals surface area contributed by atoms with E-state index in [1.54, 1.807) is 11.6 Å². The molecule has 1 unspecified atom stereocenters. The van der Waals surface area contributed by atoms with Crippen LogP contribution >= 0.6 is 0 Å². The Bertz CT molecular complexity index is 377.